The Labute approximate surface area is 106 Å². The van der Waals surface area contributed by atoms with Gasteiger partial charge in [-0.15, -0.1) is 0 Å². The average Bonchev–Trinajstić information content (AvgIpc) is 2.76. The summed E-state index contributed by atoms with van der Waals surface area (Å²) in [4.78, 5) is 0. The summed E-state index contributed by atoms with van der Waals surface area (Å²) >= 11 is 0. The van der Waals surface area contributed by atoms with Crippen molar-refractivity contribution in [3.63, 3.8) is 0 Å². The largest absolute Gasteiger partial charge is 0.387 e. The topological polar surface area (TPSA) is 47.9 Å². The average molecular weight is 250 g/mol. The Bertz CT molecular complexity index is 417. The molecule has 2 aliphatic heterocycles. The van der Waals surface area contributed by atoms with Gasteiger partial charge in [-0.05, 0) is 19.4 Å². The lowest BCUT2D eigenvalue weighted by Crippen LogP contribution is -2.35. The molecule has 2 fully saturated rings. The molecule has 4 nitrogen and oxygen atoms in total. The summed E-state index contributed by atoms with van der Waals surface area (Å²) in [5.74, 6) is -0.673. The molecule has 0 bridgehead atoms. The maximum Gasteiger partial charge on any atom is 0.190 e. The van der Waals surface area contributed by atoms with Crippen molar-refractivity contribution < 1.29 is 19.3 Å². The van der Waals surface area contributed by atoms with Crippen LogP contribution in [-0.2, 0) is 20.6 Å². The first-order valence-corrected chi connectivity index (χ1v) is 6.28. The molecule has 2 heterocycles. The minimum atomic E-state index is -0.673. The van der Waals surface area contributed by atoms with Crippen molar-refractivity contribution in [1.29, 1.82) is 0 Å². The molecule has 1 N–H and O–H groups in total. The molecule has 3 rings (SSSR count). The van der Waals surface area contributed by atoms with Gasteiger partial charge in [0, 0.05) is 6.42 Å². The SMILES string of the molecule is CC1(C)O[C@H]2O[C@H](Cc3ccccc3)[C@H](O)[C@H]2O1. The van der Waals surface area contributed by atoms with Crippen LogP contribution in [0, 0.1) is 0 Å². The standard InChI is InChI=1S/C14H18O4/c1-14(2)17-12-11(15)10(16-13(12)18-14)8-9-6-4-3-5-7-9/h3-7,10-13,15H,8H2,1-2H3/t10-,11+,12-,13-/m1/s1. The van der Waals surface area contributed by atoms with Gasteiger partial charge in [0.25, 0.3) is 0 Å². The molecule has 1 aromatic rings. The molecule has 0 radical (unpaired) electrons. The van der Waals surface area contributed by atoms with E-state index >= 15 is 0 Å². The van der Waals surface area contributed by atoms with Crippen molar-refractivity contribution in [2.45, 2.75) is 50.7 Å². The third kappa shape index (κ3) is 2.17. The van der Waals surface area contributed by atoms with E-state index in [0.29, 0.717) is 6.42 Å². The number of aliphatic hydroxyl groups is 1. The second-order valence-electron chi connectivity index (χ2n) is 5.32. The van der Waals surface area contributed by atoms with Gasteiger partial charge in [-0.1, -0.05) is 30.3 Å². The second-order valence-corrected chi connectivity index (χ2v) is 5.32. The van der Waals surface area contributed by atoms with E-state index in [1.807, 2.05) is 44.2 Å². The van der Waals surface area contributed by atoms with E-state index < -0.39 is 18.2 Å². The van der Waals surface area contributed by atoms with Crippen molar-refractivity contribution in [3.05, 3.63) is 35.9 Å². The van der Waals surface area contributed by atoms with Gasteiger partial charge in [-0.2, -0.15) is 0 Å². The zero-order chi connectivity index (χ0) is 12.8. The Morgan fingerprint density at radius 3 is 2.56 bits per heavy atom. The van der Waals surface area contributed by atoms with Gasteiger partial charge in [0.05, 0.1) is 6.10 Å². The van der Waals surface area contributed by atoms with Gasteiger partial charge in [0.2, 0.25) is 0 Å². The molecule has 0 amide bonds. The quantitative estimate of drug-likeness (QED) is 0.863. The van der Waals surface area contributed by atoms with Crippen LogP contribution in [-0.4, -0.2) is 35.5 Å². The van der Waals surface area contributed by atoms with E-state index in [2.05, 4.69) is 0 Å². The first-order valence-electron chi connectivity index (χ1n) is 6.28. The Kier molecular flexibility index (Phi) is 2.90. The highest BCUT2D eigenvalue weighted by Crippen LogP contribution is 2.38. The van der Waals surface area contributed by atoms with Crippen LogP contribution in [0.2, 0.25) is 0 Å². The normalized spacial score (nSPS) is 37.7. The molecule has 4 atom stereocenters. The lowest BCUT2D eigenvalue weighted by Gasteiger charge is -2.23. The molecule has 0 unspecified atom stereocenters. The highest BCUT2D eigenvalue weighted by Gasteiger charge is 2.53. The molecule has 0 aliphatic carbocycles. The molecule has 0 aromatic heterocycles. The van der Waals surface area contributed by atoms with Gasteiger partial charge in [0.15, 0.2) is 12.1 Å². The van der Waals surface area contributed by atoms with Crippen molar-refractivity contribution in [3.8, 4) is 0 Å². The molecule has 2 saturated heterocycles. The van der Waals surface area contributed by atoms with Crippen LogP contribution in [0.3, 0.4) is 0 Å². The van der Waals surface area contributed by atoms with E-state index in [4.69, 9.17) is 14.2 Å². The first-order chi connectivity index (χ1) is 8.55. The molecular formula is C14H18O4. The number of rotatable bonds is 2. The van der Waals surface area contributed by atoms with E-state index in [1.54, 1.807) is 0 Å². The molecule has 18 heavy (non-hydrogen) atoms. The zero-order valence-corrected chi connectivity index (χ0v) is 10.6. The summed E-state index contributed by atoms with van der Waals surface area (Å²) in [6, 6.07) is 9.98. The van der Waals surface area contributed by atoms with Crippen LogP contribution in [0.15, 0.2) is 30.3 Å². The second kappa shape index (κ2) is 4.31. The number of hydrogen-bond acceptors (Lipinski definition) is 4. The van der Waals surface area contributed by atoms with E-state index in [0.717, 1.165) is 5.56 Å². The summed E-state index contributed by atoms with van der Waals surface area (Å²) in [5, 5.41) is 10.2. The van der Waals surface area contributed by atoms with Crippen LogP contribution in [0.25, 0.3) is 0 Å². The minimum absolute atomic E-state index is 0.265. The Balaban J connectivity index is 1.68. The van der Waals surface area contributed by atoms with Crippen molar-refractivity contribution in [1.82, 2.24) is 0 Å². The van der Waals surface area contributed by atoms with Gasteiger partial charge < -0.3 is 19.3 Å². The fraction of sp³-hybridized carbons (Fsp3) is 0.571. The van der Waals surface area contributed by atoms with Gasteiger partial charge in [-0.25, -0.2) is 0 Å². The Morgan fingerprint density at radius 1 is 1.17 bits per heavy atom. The third-order valence-electron chi connectivity index (χ3n) is 3.39. The number of ether oxygens (including phenoxy) is 3. The fourth-order valence-electron chi connectivity index (χ4n) is 2.57. The van der Waals surface area contributed by atoms with Crippen LogP contribution < -0.4 is 0 Å². The predicted octanol–water partition coefficient (Wildman–Crippen LogP) is 1.47. The fourth-order valence-corrected chi connectivity index (χ4v) is 2.57. The molecule has 1 aromatic carbocycles. The van der Waals surface area contributed by atoms with Crippen LogP contribution in [0.1, 0.15) is 19.4 Å². The molecular weight excluding hydrogens is 232 g/mol. The first kappa shape index (κ1) is 12.1. The molecule has 98 valence electrons. The Hall–Kier alpha value is -0.940. The maximum absolute atomic E-state index is 10.2. The molecule has 4 heteroatoms. The molecule has 2 aliphatic rings. The minimum Gasteiger partial charge on any atom is -0.387 e. The summed E-state index contributed by atoms with van der Waals surface area (Å²) in [7, 11) is 0. The number of hydrogen-bond donors (Lipinski definition) is 1. The number of fused-ring (bicyclic) bond motifs is 1. The monoisotopic (exact) mass is 250 g/mol. The van der Waals surface area contributed by atoms with Crippen LogP contribution >= 0.6 is 0 Å². The number of benzene rings is 1. The third-order valence-corrected chi connectivity index (χ3v) is 3.39. The lowest BCUT2D eigenvalue weighted by molar-refractivity contribution is -0.214. The van der Waals surface area contributed by atoms with Crippen molar-refractivity contribution >= 4 is 0 Å². The highest BCUT2D eigenvalue weighted by molar-refractivity contribution is 5.16. The van der Waals surface area contributed by atoms with Gasteiger partial charge >= 0.3 is 0 Å². The maximum atomic E-state index is 10.2. The Morgan fingerprint density at radius 2 is 1.89 bits per heavy atom. The highest BCUT2D eigenvalue weighted by atomic mass is 16.8. The lowest BCUT2D eigenvalue weighted by atomic mass is 10.0. The van der Waals surface area contributed by atoms with Gasteiger partial charge in [0.1, 0.15) is 12.2 Å². The molecule has 0 saturated carbocycles. The van der Waals surface area contributed by atoms with Crippen molar-refractivity contribution in [2.24, 2.45) is 0 Å². The van der Waals surface area contributed by atoms with E-state index in [9.17, 15) is 5.11 Å². The molecule has 0 spiro atoms. The van der Waals surface area contributed by atoms with E-state index in [-0.39, 0.29) is 12.2 Å². The summed E-state index contributed by atoms with van der Waals surface area (Å²) in [6.45, 7) is 3.65. The van der Waals surface area contributed by atoms with E-state index in [1.165, 1.54) is 0 Å². The summed E-state index contributed by atoms with van der Waals surface area (Å²) in [5.41, 5.74) is 1.14. The van der Waals surface area contributed by atoms with Crippen molar-refractivity contribution in [2.75, 3.05) is 0 Å². The zero-order valence-electron chi connectivity index (χ0n) is 10.6. The van der Waals surface area contributed by atoms with Crippen LogP contribution in [0.4, 0.5) is 0 Å². The van der Waals surface area contributed by atoms with Crippen LogP contribution in [0.5, 0.6) is 0 Å². The number of aliphatic hydroxyl groups excluding tert-OH is 1. The summed E-state index contributed by atoms with van der Waals surface area (Å²) in [6.07, 6.45) is -1.07. The smallest absolute Gasteiger partial charge is 0.190 e. The summed E-state index contributed by atoms with van der Waals surface area (Å²) < 4.78 is 17.0. The predicted molar refractivity (Wildman–Crippen MR) is 64.9 cm³/mol. The van der Waals surface area contributed by atoms with Gasteiger partial charge in [-0.3, -0.25) is 0 Å².